The Balaban J connectivity index is 1.30. The van der Waals surface area contributed by atoms with Gasteiger partial charge >= 0.3 is 6.09 Å². The van der Waals surface area contributed by atoms with Crippen molar-refractivity contribution in [1.82, 2.24) is 19.9 Å². The molecule has 0 radical (unpaired) electrons. The van der Waals surface area contributed by atoms with E-state index in [9.17, 15) is 18.3 Å². The van der Waals surface area contributed by atoms with Crippen LogP contribution in [0.2, 0.25) is 0 Å². The molecular weight excluding hydrogens is 623 g/mol. The van der Waals surface area contributed by atoms with Gasteiger partial charge in [0, 0.05) is 42.3 Å². The van der Waals surface area contributed by atoms with Crippen LogP contribution in [0.25, 0.3) is 22.0 Å². The van der Waals surface area contributed by atoms with E-state index in [-0.39, 0.29) is 29.3 Å². The molecule has 13 heteroatoms. The number of halogens is 1. The van der Waals surface area contributed by atoms with E-state index >= 15 is 4.39 Å². The van der Waals surface area contributed by atoms with Crippen molar-refractivity contribution in [2.75, 3.05) is 23.1 Å². The Morgan fingerprint density at radius 1 is 1.00 bits per heavy atom. The molecule has 5 aromatic rings. The number of anilines is 2. The third kappa shape index (κ3) is 7.25. The SMILES string of the molecule is Cc1ccc2c(NS(=O)(=O)Cc3ccccc3)c(F)ccc2c1Oc1ncccc1-c1ccnc(NC2CC(C)CN(C(=O)O)C2)n1. The number of fused-ring (bicyclic) bond motifs is 1. The first kappa shape index (κ1) is 31.7. The van der Waals surface area contributed by atoms with Gasteiger partial charge in [-0.15, -0.1) is 0 Å². The van der Waals surface area contributed by atoms with Gasteiger partial charge in [-0.2, -0.15) is 0 Å². The van der Waals surface area contributed by atoms with Crippen LogP contribution in [-0.4, -0.2) is 58.6 Å². The van der Waals surface area contributed by atoms with E-state index in [2.05, 4.69) is 25.0 Å². The average molecular weight is 657 g/mol. The third-order valence-electron chi connectivity index (χ3n) is 7.92. The standard InChI is InChI=1S/C34H33FN6O5S/c1-21-17-24(19-41(18-21)34(42)43)38-33-37-16-14-29(39-33)27-9-6-15-36-32(27)46-31-22(2)10-11-25-26(31)12-13-28(35)30(25)40-47(44,45)20-23-7-4-3-5-8-23/h3-16,21,24,40H,17-20H2,1-2H3,(H,42,43)(H,37,38,39). The number of rotatable bonds is 9. The molecule has 242 valence electrons. The second-order valence-corrected chi connectivity index (χ2v) is 13.4. The first-order valence-electron chi connectivity index (χ1n) is 15.0. The zero-order valence-corrected chi connectivity index (χ0v) is 26.5. The minimum absolute atomic E-state index is 0.159. The van der Waals surface area contributed by atoms with E-state index in [1.165, 1.54) is 11.0 Å². The highest BCUT2D eigenvalue weighted by molar-refractivity contribution is 7.91. The molecule has 0 bridgehead atoms. The summed E-state index contributed by atoms with van der Waals surface area (Å²) in [6.45, 7) is 4.64. The van der Waals surface area contributed by atoms with E-state index in [4.69, 9.17) is 4.74 Å². The lowest BCUT2D eigenvalue weighted by Gasteiger charge is -2.35. The summed E-state index contributed by atoms with van der Waals surface area (Å²) in [5.74, 6) is 0.0861. The first-order chi connectivity index (χ1) is 22.6. The third-order valence-corrected chi connectivity index (χ3v) is 9.15. The fourth-order valence-electron chi connectivity index (χ4n) is 5.82. The number of pyridine rings is 1. The number of carbonyl (C=O) groups is 1. The van der Waals surface area contributed by atoms with Crippen molar-refractivity contribution >= 4 is 38.5 Å². The molecular formula is C34H33FN6O5S. The number of aromatic nitrogens is 3. The molecule has 2 aromatic heterocycles. The van der Waals surface area contributed by atoms with E-state index in [0.717, 1.165) is 12.0 Å². The van der Waals surface area contributed by atoms with E-state index in [1.54, 1.807) is 79.1 Å². The molecule has 1 saturated heterocycles. The molecule has 0 spiro atoms. The number of aryl methyl sites for hydroxylation is 1. The predicted molar refractivity (Wildman–Crippen MR) is 177 cm³/mol. The zero-order chi connectivity index (χ0) is 33.1. The number of nitrogens with one attached hydrogen (secondary N) is 2. The van der Waals surface area contributed by atoms with Gasteiger partial charge in [0.1, 0.15) is 11.6 Å². The largest absolute Gasteiger partial charge is 0.465 e. The van der Waals surface area contributed by atoms with Crippen LogP contribution in [0.3, 0.4) is 0 Å². The molecule has 6 rings (SSSR count). The molecule has 0 aliphatic carbocycles. The van der Waals surface area contributed by atoms with Crippen molar-refractivity contribution in [1.29, 1.82) is 0 Å². The van der Waals surface area contributed by atoms with Crippen LogP contribution < -0.4 is 14.8 Å². The molecule has 3 aromatic carbocycles. The van der Waals surface area contributed by atoms with Crippen LogP contribution in [-0.2, 0) is 15.8 Å². The number of benzene rings is 3. The van der Waals surface area contributed by atoms with Gasteiger partial charge in [0.05, 0.1) is 22.7 Å². The summed E-state index contributed by atoms with van der Waals surface area (Å²) >= 11 is 0. The maximum atomic E-state index is 15.2. The van der Waals surface area contributed by atoms with Crippen LogP contribution in [0, 0.1) is 18.7 Å². The number of nitrogens with zero attached hydrogens (tertiary/aromatic N) is 4. The Kier molecular flexibility index (Phi) is 8.90. The summed E-state index contributed by atoms with van der Waals surface area (Å²) in [5, 5.41) is 13.6. The molecule has 2 unspecified atom stereocenters. The first-order valence-corrected chi connectivity index (χ1v) is 16.7. The van der Waals surface area contributed by atoms with Gasteiger partial charge in [-0.1, -0.05) is 49.4 Å². The van der Waals surface area contributed by atoms with Gasteiger partial charge in [-0.05, 0) is 60.7 Å². The summed E-state index contributed by atoms with van der Waals surface area (Å²) in [7, 11) is -3.95. The fraction of sp³-hybridized carbons (Fsp3) is 0.235. The van der Waals surface area contributed by atoms with Gasteiger partial charge < -0.3 is 20.1 Å². The monoisotopic (exact) mass is 656 g/mol. The van der Waals surface area contributed by atoms with Crippen molar-refractivity contribution in [3.8, 4) is 22.9 Å². The van der Waals surface area contributed by atoms with Crippen molar-refractivity contribution in [2.45, 2.75) is 32.1 Å². The number of carboxylic acid groups (broad SMARTS) is 1. The quantitative estimate of drug-likeness (QED) is 0.158. The highest BCUT2D eigenvalue weighted by Gasteiger charge is 2.28. The summed E-state index contributed by atoms with van der Waals surface area (Å²) in [4.78, 5) is 26.5. The second-order valence-electron chi connectivity index (χ2n) is 11.7. The molecule has 2 atom stereocenters. The van der Waals surface area contributed by atoms with Gasteiger partial charge in [-0.25, -0.2) is 32.6 Å². The van der Waals surface area contributed by atoms with Gasteiger partial charge in [0.15, 0.2) is 0 Å². The highest BCUT2D eigenvalue weighted by atomic mass is 32.2. The zero-order valence-electron chi connectivity index (χ0n) is 25.7. The molecule has 0 saturated carbocycles. The summed E-state index contributed by atoms with van der Waals surface area (Å²) in [6, 6.07) is 19.9. The highest BCUT2D eigenvalue weighted by Crippen LogP contribution is 2.40. The van der Waals surface area contributed by atoms with E-state index in [0.29, 0.717) is 52.4 Å². The van der Waals surface area contributed by atoms with E-state index < -0.39 is 21.9 Å². The van der Waals surface area contributed by atoms with Crippen molar-refractivity contribution in [2.24, 2.45) is 5.92 Å². The number of amides is 1. The number of hydrogen-bond donors (Lipinski definition) is 3. The van der Waals surface area contributed by atoms with E-state index in [1.807, 2.05) is 13.8 Å². The summed E-state index contributed by atoms with van der Waals surface area (Å²) in [5.41, 5.74) is 2.20. The molecule has 1 aliphatic heterocycles. The number of piperidine rings is 1. The molecule has 1 fully saturated rings. The van der Waals surface area contributed by atoms with Crippen LogP contribution >= 0.6 is 0 Å². The van der Waals surface area contributed by atoms with Crippen LogP contribution in [0.15, 0.2) is 85.2 Å². The average Bonchev–Trinajstić information content (AvgIpc) is 3.04. The van der Waals surface area contributed by atoms with Gasteiger partial charge in [0.2, 0.25) is 21.9 Å². The number of sulfonamides is 1. The number of likely N-dealkylation sites (tertiary alicyclic amines) is 1. The number of hydrogen-bond acceptors (Lipinski definition) is 8. The molecule has 1 amide bonds. The Labute approximate surface area is 271 Å². The Morgan fingerprint density at radius 3 is 2.57 bits per heavy atom. The minimum Gasteiger partial charge on any atom is -0.465 e. The fourth-order valence-corrected chi connectivity index (χ4v) is 7.04. The van der Waals surface area contributed by atoms with Crippen molar-refractivity contribution < 1.29 is 27.4 Å². The summed E-state index contributed by atoms with van der Waals surface area (Å²) < 4.78 is 50.2. The minimum atomic E-state index is -3.95. The maximum Gasteiger partial charge on any atom is 0.407 e. The number of ether oxygens (including phenoxy) is 1. The topological polar surface area (TPSA) is 147 Å². The Bertz CT molecular complexity index is 2050. The lowest BCUT2D eigenvalue weighted by Crippen LogP contribution is -2.47. The molecule has 1 aliphatic rings. The normalized spacial score (nSPS) is 16.5. The molecule has 3 N–H and O–H groups in total. The van der Waals surface area contributed by atoms with Crippen LogP contribution in [0.4, 0.5) is 20.8 Å². The lowest BCUT2D eigenvalue weighted by molar-refractivity contribution is 0.119. The second kappa shape index (κ2) is 13.2. The Morgan fingerprint density at radius 2 is 1.79 bits per heavy atom. The van der Waals surface area contributed by atoms with Gasteiger partial charge in [-0.3, -0.25) is 4.72 Å². The van der Waals surface area contributed by atoms with Crippen molar-refractivity contribution in [3.63, 3.8) is 0 Å². The molecule has 47 heavy (non-hydrogen) atoms. The van der Waals surface area contributed by atoms with Gasteiger partial charge in [0.25, 0.3) is 0 Å². The lowest BCUT2D eigenvalue weighted by atomic mass is 9.96. The maximum absolute atomic E-state index is 15.2. The predicted octanol–water partition coefficient (Wildman–Crippen LogP) is 6.67. The summed E-state index contributed by atoms with van der Waals surface area (Å²) in [6.07, 6.45) is 2.98. The molecule has 11 nitrogen and oxygen atoms in total. The molecule has 3 heterocycles. The van der Waals surface area contributed by atoms with Crippen molar-refractivity contribution in [3.05, 3.63) is 102 Å². The Hall–Kier alpha value is -5.30. The van der Waals surface area contributed by atoms with Crippen LogP contribution in [0.1, 0.15) is 24.5 Å². The van der Waals surface area contributed by atoms with Crippen LogP contribution in [0.5, 0.6) is 11.6 Å². The smallest absolute Gasteiger partial charge is 0.407 e.